The lowest BCUT2D eigenvalue weighted by atomic mass is 10.1. The van der Waals surface area contributed by atoms with Crippen molar-refractivity contribution < 1.29 is 4.74 Å². The van der Waals surface area contributed by atoms with Gasteiger partial charge in [-0.1, -0.05) is 20.3 Å². The third-order valence-electron chi connectivity index (χ3n) is 3.12. The molecule has 0 aliphatic carbocycles. The second-order valence-electron chi connectivity index (χ2n) is 4.40. The van der Waals surface area contributed by atoms with Gasteiger partial charge in [0.25, 0.3) is 0 Å². The molecule has 1 heterocycles. The van der Waals surface area contributed by atoms with Gasteiger partial charge in [-0.25, -0.2) is 0 Å². The Morgan fingerprint density at radius 1 is 1.28 bits per heavy atom. The molecule has 98 valence electrons. The molecule has 0 radical (unpaired) electrons. The molecule has 0 fully saturated rings. The van der Waals surface area contributed by atoms with E-state index in [2.05, 4.69) is 31.3 Å². The number of aryl methyl sites for hydroxylation is 1. The number of hydrogen-bond acceptors (Lipinski definition) is 3. The van der Waals surface area contributed by atoms with Crippen LogP contribution in [-0.4, -0.2) is 13.7 Å². The van der Waals surface area contributed by atoms with Crippen LogP contribution in [-0.2, 0) is 13.0 Å². The zero-order chi connectivity index (χ0) is 13.0. The van der Waals surface area contributed by atoms with Gasteiger partial charge < -0.3 is 10.1 Å². The molecule has 1 N–H and O–H groups in total. The summed E-state index contributed by atoms with van der Waals surface area (Å²) in [6.45, 7) is 6.38. The molecule has 1 aromatic carbocycles. The zero-order valence-electron chi connectivity index (χ0n) is 11.4. The quantitative estimate of drug-likeness (QED) is 0.851. The maximum atomic E-state index is 5.33. The first kappa shape index (κ1) is 13.4. The minimum absolute atomic E-state index is 0.952. The number of benzene rings is 1. The fourth-order valence-corrected chi connectivity index (χ4v) is 3.41. The molecule has 0 saturated heterocycles. The van der Waals surface area contributed by atoms with E-state index in [-0.39, 0.29) is 0 Å². The number of rotatable bonds is 6. The first-order chi connectivity index (χ1) is 8.80. The molecule has 2 aromatic rings. The first-order valence-corrected chi connectivity index (χ1v) is 7.40. The summed E-state index contributed by atoms with van der Waals surface area (Å²) < 4.78 is 6.70. The van der Waals surface area contributed by atoms with Crippen LogP contribution in [0.1, 0.15) is 30.7 Å². The van der Waals surface area contributed by atoms with E-state index in [0.29, 0.717) is 0 Å². The molecule has 18 heavy (non-hydrogen) atoms. The van der Waals surface area contributed by atoms with Gasteiger partial charge in [0.05, 0.1) is 7.11 Å². The van der Waals surface area contributed by atoms with Crippen molar-refractivity contribution in [2.45, 2.75) is 33.2 Å². The molecular formula is C15H21NOS. The lowest BCUT2D eigenvalue weighted by Crippen LogP contribution is -2.11. The highest BCUT2D eigenvalue weighted by atomic mass is 32.1. The summed E-state index contributed by atoms with van der Waals surface area (Å²) in [5, 5.41) is 4.80. The Morgan fingerprint density at radius 2 is 2.11 bits per heavy atom. The van der Waals surface area contributed by atoms with Gasteiger partial charge >= 0.3 is 0 Å². The van der Waals surface area contributed by atoms with E-state index in [9.17, 15) is 0 Å². The Kier molecular flexibility index (Phi) is 4.61. The molecule has 2 nitrogen and oxygen atoms in total. The first-order valence-electron chi connectivity index (χ1n) is 6.59. The number of methoxy groups -OCH3 is 1. The summed E-state index contributed by atoms with van der Waals surface area (Å²) in [4.78, 5) is 1.47. The molecule has 0 unspecified atom stereocenters. The molecule has 0 amide bonds. The fourth-order valence-electron chi connectivity index (χ4n) is 2.21. The summed E-state index contributed by atoms with van der Waals surface area (Å²) in [7, 11) is 1.73. The van der Waals surface area contributed by atoms with Crippen LogP contribution in [0.3, 0.4) is 0 Å². The SMILES string of the molecule is CCCc1c(CNCC)sc2ccc(OC)cc12. The lowest BCUT2D eigenvalue weighted by molar-refractivity contribution is 0.415. The molecule has 0 spiro atoms. The van der Waals surface area contributed by atoms with Crippen molar-refractivity contribution in [3.63, 3.8) is 0 Å². The molecular weight excluding hydrogens is 242 g/mol. The van der Waals surface area contributed by atoms with Crippen LogP contribution >= 0.6 is 11.3 Å². The summed E-state index contributed by atoms with van der Waals surface area (Å²) in [5.74, 6) is 0.952. The van der Waals surface area contributed by atoms with E-state index in [4.69, 9.17) is 4.74 Å². The number of nitrogens with one attached hydrogen (secondary N) is 1. The Morgan fingerprint density at radius 3 is 2.78 bits per heavy atom. The van der Waals surface area contributed by atoms with Crippen LogP contribution in [0.25, 0.3) is 10.1 Å². The van der Waals surface area contributed by atoms with Gasteiger partial charge in [0.15, 0.2) is 0 Å². The van der Waals surface area contributed by atoms with Crippen molar-refractivity contribution in [2.75, 3.05) is 13.7 Å². The van der Waals surface area contributed by atoms with E-state index < -0.39 is 0 Å². The van der Waals surface area contributed by atoms with Crippen LogP contribution in [0.15, 0.2) is 18.2 Å². The third kappa shape index (κ3) is 2.68. The van der Waals surface area contributed by atoms with Crippen molar-refractivity contribution in [1.82, 2.24) is 5.32 Å². The van der Waals surface area contributed by atoms with Crippen molar-refractivity contribution in [3.05, 3.63) is 28.6 Å². The highest BCUT2D eigenvalue weighted by molar-refractivity contribution is 7.19. The summed E-state index contributed by atoms with van der Waals surface area (Å²) in [5.41, 5.74) is 1.50. The highest BCUT2D eigenvalue weighted by Gasteiger charge is 2.11. The van der Waals surface area contributed by atoms with Crippen molar-refractivity contribution in [1.29, 1.82) is 0 Å². The molecule has 0 atom stereocenters. The van der Waals surface area contributed by atoms with Gasteiger partial charge in [-0.2, -0.15) is 0 Å². The molecule has 0 saturated carbocycles. The van der Waals surface area contributed by atoms with Crippen LogP contribution in [0.5, 0.6) is 5.75 Å². The maximum absolute atomic E-state index is 5.33. The summed E-state index contributed by atoms with van der Waals surface area (Å²) >= 11 is 1.90. The number of thiophene rings is 1. The fraction of sp³-hybridized carbons (Fsp3) is 0.467. The molecule has 3 heteroatoms. The second-order valence-corrected chi connectivity index (χ2v) is 5.53. The van der Waals surface area contributed by atoms with E-state index >= 15 is 0 Å². The van der Waals surface area contributed by atoms with Gasteiger partial charge in [0.1, 0.15) is 5.75 Å². The predicted molar refractivity (Wildman–Crippen MR) is 79.8 cm³/mol. The van der Waals surface area contributed by atoms with Gasteiger partial charge in [0, 0.05) is 16.1 Å². The van der Waals surface area contributed by atoms with Crippen molar-refractivity contribution >= 4 is 21.4 Å². The topological polar surface area (TPSA) is 21.3 Å². The van der Waals surface area contributed by atoms with Crippen molar-refractivity contribution in [3.8, 4) is 5.75 Å². The number of ether oxygens (including phenoxy) is 1. The van der Waals surface area contributed by atoms with Gasteiger partial charge in [-0.15, -0.1) is 11.3 Å². The summed E-state index contributed by atoms with van der Waals surface area (Å²) in [6.07, 6.45) is 2.33. The zero-order valence-corrected chi connectivity index (χ0v) is 12.2. The molecule has 2 rings (SSSR count). The number of hydrogen-bond donors (Lipinski definition) is 1. The normalized spacial score (nSPS) is 11.1. The Labute approximate surface area is 113 Å². The summed E-state index contributed by atoms with van der Waals surface area (Å²) in [6, 6.07) is 6.39. The number of fused-ring (bicyclic) bond motifs is 1. The van der Waals surface area contributed by atoms with Crippen LogP contribution in [0.4, 0.5) is 0 Å². The van der Waals surface area contributed by atoms with Crippen molar-refractivity contribution in [2.24, 2.45) is 0 Å². The van der Waals surface area contributed by atoms with E-state index in [1.165, 1.54) is 26.9 Å². The Balaban J connectivity index is 2.46. The van der Waals surface area contributed by atoms with Crippen LogP contribution in [0, 0.1) is 0 Å². The van der Waals surface area contributed by atoms with E-state index in [1.54, 1.807) is 7.11 Å². The predicted octanol–water partition coefficient (Wildman–Crippen LogP) is 3.97. The third-order valence-corrected chi connectivity index (χ3v) is 4.33. The standard InChI is InChI=1S/C15H21NOS/c1-4-6-12-13-9-11(17-3)7-8-14(13)18-15(12)10-16-5-2/h7-9,16H,4-6,10H2,1-3H3. The van der Waals surface area contributed by atoms with Crippen LogP contribution in [0.2, 0.25) is 0 Å². The highest BCUT2D eigenvalue weighted by Crippen LogP contribution is 2.34. The largest absolute Gasteiger partial charge is 0.497 e. The maximum Gasteiger partial charge on any atom is 0.119 e. The van der Waals surface area contributed by atoms with Gasteiger partial charge in [-0.05, 0) is 42.1 Å². The van der Waals surface area contributed by atoms with E-state index in [1.807, 2.05) is 17.4 Å². The average molecular weight is 263 g/mol. The molecule has 0 aliphatic heterocycles. The van der Waals surface area contributed by atoms with Gasteiger partial charge in [-0.3, -0.25) is 0 Å². The molecule has 0 aliphatic rings. The second kappa shape index (κ2) is 6.21. The van der Waals surface area contributed by atoms with E-state index in [0.717, 1.165) is 25.3 Å². The Bertz CT molecular complexity index is 518. The monoisotopic (exact) mass is 263 g/mol. The van der Waals surface area contributed by atoms with Crippen LogP contribution < -0.4 is 10.1 Å². The lowest BCUT2D eigenvalue weighted by Gasteiger charge is -2.04. The minimum Gasteiger partial charge on any atom is -0.497 e. The Hall–Kier alpha value is -1.06. The molecule has 0 bridgehead atoms. The average Bonchev–Trinajstić information content (AvgIpc) is 2.74. The minimum atomic E-state index is 0.952. The smallest absolute Gasteiger partial charge is 0.119 e. The molecule has 1 aromatic heterocycles. The van der Waals surface area contributed by atoms with Gasteiger partial charge in [0.2, 0.25) is 0 Å².